The van der Waals surface area contributed by atoms with Gasteiger partial charge in [0.15, 0.2) is 0 Å². The molecule has 0 spiro atoms. The molecule has 1 saturated heterocycles. The number of hydrogen-bond acceptors (Lipinski definition) is 4. The first-order chi connectivity index (χ1) is 8.42. The Labute approximate surface area is 106 Å². The topological polar surface area (TPSA) is 79.3 Å². The maximum absolute atomic E-state index is 12.1. The van der Waals surface area contributed by atoms with E-state index >= 15 is 0 Å². The second kappa shape index (κ2) is 6.01. The number of rotatable bonds is 4. The summed E-state index contributed by atoms with van der Waals surface area (Å²) < 4.78 is 10.5. The number of likely N-dealkylation sites (tertiary alicyclic amines) is 1. The van der Waals surface area contributed by atoms with Crippen LogP contribution in [0.15, 0.2) is 0 Å². The fraction of sp³-hybridized carbons (Fsp3) is 0.818. The summed E-state index contributed by atoms with van der Waals surface area (Å²) in [5, 5.41) is 8.88. The van der Waals surface area contributed by atoms with Gasteiger partial charge in [-0.25, -0.2) is 9.59 Å². The summed E-state index contributed by atoms with van der Waals surface area (Å²) in [6.45, 7) is 2.28. The largest absolute Gasteiger partial charge is 0.480 e. The Morgan fingerprint density at radius 2 is 1.72 bits per heavy atom. The number of carbonyl (C=O) groups is 2. The van der Waals surface area contributed by atoms with Gasteiger partial charge < -0.3 is 24.4 Å². The molecule has 1 heterocycles. The maximum Gasteiger partial charge on any atom is 0.326 e. The Balaban J connectivity index is 2.66. The number of nitrogens with zero attached hydrogens (tertiary/aromatic N) is 2. The van der Waals surface area contributed by atoms with E-state index in [-0.39, 0.29) is 18.2 Å². The van der Waals surface area contributed by atoms with Crippen molar-refractivity contribution in [2.45, 2.75) is 25.2 Å². The van der Waals surface area contributed by atoms with Crippen LogP contribution in [-0.2, 0) is 14.3 Å². The number of ether oxygens (including phenoxy) is 2. The van der Waals surface area contributed by atoms with Crippen LogP contribution in [-0.4, -0.2) is 79.5 Å². The molecule has 1 rings (SSSR count). The van der Waals surface area contributed by atoms with E-state index in [1.165, 1.54) is 18.9 Å². The molecule has 7 heteroatoms. The molecule has 18 heavy (non-hydrogen) atoms. The van der Waals surface area contributed by atoms with Gasteiger partial charge in [0.25, 0.3) is 0 Å². The Morgan fingerprint density at radius 3 is 2.06 bits per heavy atom. The van der Waals surface area contributed by atoms with Gasteiger partial charge in [-0.15, -0.1) is 0 Å². The average molecular weight is 260 g/mol. The molecule has 104 valence electrons. The highest BCUT2D eigenvalue weighted by Gasteiger charge is 2.37. The molecule has 2 amide bonds. The fourth-order valence-corrected chi connectivity index (χ4v) is 1.91. The van der Waals surface area contributed by atoms with E-state index in [1.807, 2.05) is 0 Å². The van der Waals surface area contributed by atoms with Crippen molar-refractivity contribution in [1.82, 2.24) is 9.80 Å². The minimum Gasteiger partial charge on any atom is -0.480 e. The number of carbonyl (C=O) groups excluding carboxylic acids is 1. The van der Waals surface area contributed by atoms with E-state index in [2.05, 4.69) is 0 Å². The van der Waals surface area contributed by atoms with Gasteiger partial charge in [0.2, 0.25) is 0 Å². The van der Waals surface area contributed by atoms with Crippen LogP contribution in [0.4, 0.5) is 4.79 Å². The molecule has 0 aromatic carbocycles. The summed E-state index contributed by atoms with van der Waals surface area (Å²) >= 11 is 0. The molecular formula is C11H20N2O5. The Morgan fingerprint density at radius 1 is 1.28 bits per heavy atom. The van der Waals surface area contributed by atoms with Crippen LogP contribution in [0.2, 0.25) is 0 Å². The van der Waals surface area contributed by atoms with Crippen LogP contribution in [0.25, 0.3) is 0 Å². The maximum atomic E-state index is 12.1. The van der Waals surface area contributed by atoms with Crippen molar-refractivity contribution < 1.29 is 24.2 Å². The molecule has 0 aliphatic carbocycles. The van der Waals surface area contributed by atoms with Gasteiger partial charge in [0, 0.05) is 21.3 Å². The predicted octanol–water partition coefficient (Wildman–Crippen LogP) is -0.143. The number of carboxylic acids is 1. The quantitative estimate of drug-likeness (QED) is 0.761. The minimum absolute atomic E-state index is 0.174. The van der Waals surface area contributed by atoms with Gasteiger partial charge in [-0.05, 0) is 6.92 Å². The molecular weight excluding hydrogens is 240 g/mol. The summed E-state index contributed by atoms with van der Waals surface area (Å²) in [4.78, 5) is 25.7. The monoisotopic (exact) mass is 260 g/mol. The first kappa shape index (κ1) is 14.7. The van der Waals surface area contributed by atoms with Crippen LogP contribution in [0.1, 0.15) is 6.92 Å². The van der Waals surface area contributed by atoms with Crippen LogP contribution >= 0.6 is 0 Å². The molecule has 0 bridgehead atoms. The van der Waals surface area contributed by atoms with Gasteiger partial charge >= 0.3 is 12.0 Å². The lowest BCUT2D eigenvalue weighted by Crippen LogP contribution is -2.47. The lowest BCUT2D eigenvalue weighted by molar-refractivity contribution is -0.141. The van der Waals surface area contributed by atoms with Crippen molar-refractivity contribution in [1.29, 1.82) is 0 Å². The smallest absolute Gasteiger partial charge is 0.326 e. The van der Waals surface area contributed by atoms with E-state index in [4.69, 9.17) is 14.6 Å². The predicted molar refractivity (Wildman–Crippen MR) is 63.4 cm³/mol. The average Bonchev–Trinajstić information content (AvgIpc) is 2.78. The Hall–Kier alpha value is -1.34. The number of likely N-dealkylation sites (N-methyl/N-ethyl adjacent to an activating group) is 1. The molecule has 1 aliphatic heterocycles. The third-order valence-electron chi connectivity index (χ3n) is 3.33. The van der Waals surface area contributed by atoms with Gasteiger partial charge in [-0.3, -0.25) is 0 Å². The van der Waals surface area contributed by atoms with E-state index in [0.717, 1.165) is 0 Å². The molecule has 7 nitrogen and oxygen atoms in total. The molecule has 0 saturated carbocycles. The minimum atomic E-state index is -1.03. The highest BCUT2D eigenvalue weighted by atomic mass is 16.5. The Bertz CT molecular complexity index is 311. The van der Waals surface area contributed by atoms with Gasteiger partial charge in [-0.2, -0.15) is 0 Å². The van der Waals surface area contributed by atoms with E-state index < -0.39 is 12.0 Å². The zero-order valence-electron chi connectivity index (χ0n) is 11.1. The Kier molecular flexibility index (Phi) is 4.92. The highest BCUT2D eigenvalue weighted by molar-refractivity contribution is 5.82. The highest BCUT2D eigenvalue weighted by Crippen LogP contribution is 2.17. The van der Waals surface area contributed by atoms with Gasteiger partial charge in [0.05, 0.1) is 13.1 Å². The second-order valence-corrected chi connectivity index (χ2v) is 4.36. The molecule has 0 radical (unpaired) electrons. The summed E-state index contributed by atoms with van der Waals surface area (Å²) in [6, 6.07) is -1.19. The fourth-order valence-electron chi connectivity index (χ4n) is 1.91. The van der Waals surface area contributed by atoms with Crippen molar-refractivity contribution in [3.8, 4) is 0 Å². The molecule has 1 aliphatic rings. The molecule has 3 unspecified atom stereocenters. The zero-order valence-corrected chi connectivity index (χ0v) is 11.1. The van der Waals surface area contributed by atoms with Crippen molar-refractivity contribution in [3.05, 3.63) is 0 Å². The zero-order chi connectivity index (χ0) is 13.9. The number of urea groups is 1. The third-order valence-corrected chi connectivity index (χ3v) is 3.33. The van der Waals surface area contributed by atoms with Crippen molar-refractivity contribution >= 4 is 12.0 Å². The molecule has 1 N–H and O–H groups in total. The molecule has 0 aromatic heterocycles. The normalized spacial score (nSPS) is 25.0. The van der Waals surface area contributed by atoms with E-state index in [0.29, 0.717) is 13.1 Å². The summed E-state index contributed by atoms with van der Waals surface area (Å²) in [5.74, 6) is -1.03. The number of aliphatic carboxylic acids is 1. The number of methoxy groups -OCH3 is 2. The van der Waals surface area contributed by atoms with E-state index in [1.54, 1.807) is 19.1 Å². The van der Waals surface area contributed by atoms with Crippen molar-refractivity contribution in [3.63, 3.8) is 0 Å². The standard InChI is InChI=1S/C11H20N2O5/c1-7(10(14)15)12(2)11(16)13-5-8(17-3)9(6-13)18-4/h7-9H,5-6H2,1-4H3,(H,14,15). The lowest BCUT2D eigenvalue weighted by atomic mass is 10.3. The van der Waals surface area contributed by atoms with Gasteiger partial charge in [-0.1, -0.05) is 0 Å². The summed E-state index contributed by atoms with van der Waals surface area (Å²) in [5.41, 5.74) is 0. The van der Waals surface area contributed by atoms with Gasteiger partial charge in [0.1, 0.15) is 18.2 Å². The second-order valence-electron chi connectivity index (χ2n) is 4.36. The first-order valence-corrected chi connectivity index (χ1v) is 5.72. The SMILES string of the molecule is COC1CN(C(=O)N(C)C(C)C(=O)O)CC1OC. The van der Waals surface area contributed by atoms with Crippen LogP contribution in [0.3, 0.4) is 0 Å². The number of carboxylic acid groups (broad SMARTS) is 1. The van der Waals surface area contributed by atoms with Crippen molar-refractivity contribution in [2.24, 2.45) is 0 Å². The molecule has 3 atom stereocenters. The first-order valence-electron chi connectivity index (χ1n) is 5.72. The molecule has 1 fully saturated rings. The van der Waals surface area contributed by atoms with Crippen LogP contribution < -0.4 is 0 Å². The summed E-state index contributed by atoms with van der Waals surface area (Å²) in [6.07, 6.45) is -0.347. The lowest BCUT2D eigenvalue weighted by Gasteiger charge is -2.27. The number of amides is 2. The van der Waals surface area contributed by atoms with Crippen LogP contribution in [0.5, 0.6) is 0 Å². The van der Waals surface area contributed by atoms with Crippen molar-refractivity contribution in [2.75, 3.05) is 34.4 Å². The van der Waals surface area contributed by atoms with E-state index in [9.17, 15) is 9.59 Å². The summed E-state index contributed by atoms with van der Waals surface area (Å²) in [7, 11) is 4.60. The molecule has 0 aromatic rings. The van der Waals surface area contributed by atoms with Crippen LogP contribution in [0, 0.1) is 0 Å². The number of hydrogen-bond donors (Lipinski definition) is 1. The third kappa shape index (κ3) is 2.91.